The topological polar surface area (TPSA) is 64.4 Å². The van der Waals surface area contributed by atoms with E-state index in [1.165, 1.54) is 0 Å². The highest BCUT2D eigenvalue weighted by Crippen LogP contribution is 2.42. The summed E-state index contributed by atoms with van der Waals surface area (Å²) in [6.45, 7) is 8.29. The predicted molar refractivity (Wildman–Crippen MR) is 68.6 cm³/mol. The maximum absolute atomic E-state index is 12.0. The second-order valence-corrected chi connectivity index (χ2v) is 5.75. The molecule has 1 fully saturated rings. The fourth-order valence-electron chi connectivity index (χ4n) is 2.31. The van der Waals surface area contributed by atoms with Crippen LogP contribution in [-0.2, 0) is 9.53 Å². The summed E-state index contributed by atoms with van der Waals surface area (Å²) in [7, 11) is 1.72. The van der Waals surface area contributed by atoms with Gasteiger partial charge >= 0.3 is 0 Å². The predicted octanol–water partition coefficient (Wildman–Crippen LogP) is 1.29. The molecule has 0 aliphatic heterocycles. The lowest BCUT2D eigenvalue weighted by Crippen LogP contribution is -2.63. The van der Waals surface area contributed by atoms with Crippen molar-refractivity contribution in [3.8, 4) is 0 Å². The summed E-state index contributed by atoms with van der Waals surface area (Å²) in [5.41, 5.74) is 5.91. The van der Waals surface area contributed by atoms with Gasteiger partial charge in [0.15, 0.2) is 0 Å². The number of hydrogen-bond donors (Lipinski definition) is 2. The monoisotopic (exact) mass is 242 g/mol. The number of nitrogens with two attached hydrogens (primary N) is 1. The third-order valence-corrected chi connectivity index (χ3v) is 4.34. The van der Waals surface area contributed by atoms with Crippen molar-refractivity contribution >= 4 is 5.91 Å². The van der Waals surface area contributed by atoms with Gasteiger partial charge in [0.2, 0.25) is 5.91 Å². The Morgan fingerprint density at radius 1 is 1.59 bits per heavy atom. The van der Waals surface area contributed by atoms with E-state index in [0.717, 1.165) is 12.8 Å². The Bertz CT molecular complexity index is 279. The number of nitrogens with one attached hydrogen (secondary N) is 1. The van der Waals surface area contributed by atoms with Crippen LogP contribution in [0, 0.1) is 11.3 Å². The van der Waals surface area contributed by atoms with Crippen molar-refractivity contribution in [2.24, 2.45) is 17.1 Å². The molecule has 0 saturated heterocycles. The highest BCUT2D eigenvalue weighted by atomic mass is 16.5. The highest BCUT2D eigenvalue weighted by molar-refractivity contribution is 5.82. The van der Waals surface area contributed by atoms with E-state index in [2.05, 4.69) is 19.2 Å². The number of rotatable bonds is 5. The smallest absolute Gasteiger partial charge is 0.237 e. The highest BCUT2D eigenvalue weighted by Gasteiger charge is 2.49. The third-order valence-electron chi connectivity index (χ3n) is 4.34. The molecule has 0 aromatic carbocycles. The molecule has 100 valence electrons. The number of hydrogen-bond acceptors (Lipinski definition) is 3. The van der Waals surface area contributed by atoms with Crippen molar-refractivity contribution in [2.75, 3.05) is 7.11 Å². The lowest BCUT2D eigenvalue weighted by Gasteiger charge is -2.51. The fraction of sp³-hybridized carbons (Fsp3) is 0.923. The van der Waals surface area contributed by atoms with Gasteiger partial charge in [0.25, 0.3) is 0 Å². The van der Waals surface area contributed by atoms with E-state index in [0.29, 0.717) is 0 Å². The van der Waals surface area contributed by atoms with Gasteiger partial charge in [-0.25, -0.2) is 0 Å². The first-order valence-electron chi connectivity index (χ1n) is 6.43. The van der Waals surface area contributed by atoms with Crippen LogP contribution in [0.25, 0.3) is 0 Å². The van der Waals surface area contributed by atoms with E-state index in [9.17, 15) is 4.79 Å². The maximum atomic E-state index is 12.0. The zero-order valence-electron chi connectivity index (χ0n) is 11.6. The standard InChI is InChI=1S/C13H26N2O2/c1-6-8(2)11(14)12(16)15-9-7-10(17-5)13(9,3)4/h8-11H,6-7,14H2,1-5H3,(H,15,16)/t8-,9?,10?,11-/m0/s1. The summed E-state index contributed by atoms with van der Waals surface area (Å²) in [6, 6.07) is -0.229. The van der Waals surface area contributed by atoms with Gasteiger partial charge in [-0.3, -0.25) is 4.79 Å². The van der Waals surface area contributed by atoms with Gasteiger partial charge in [-0.2, -0.15) is 0 Å². The van der Waals surface area contributed by atoms with E-state index in [1.807, 2.05) is 13.8 Å². The molecule has 2 unspecified atom stereocenters. The van der Waals surface area contributed by atoms with Gasteiger partial charge in [0, 0.05) is 18.6 Å². The molecule has 0 spiro atoms. The van der Waals surface area contributed by atoms with Crippen LogP contribution in [0.5, 0.6) is 0 Å². The Kier molecular flexibility index (Phi) is 4.55. The summed E-state index contributed by atoms with van der Waals surface area (Å²) in [5.74, 6) is 0.184. The average Bonchev–Trinajstić information content (AvgIpc) is 2.31. The van der Waals surface area contributed by atoms with Crippen molar-refractivity contribution in [3.63, 3.8) is 0 Å². The molecule has 0 radical (unpaired) electrons. The minimum atomic E-state index is -0.405. The fourth-order valence-corrected chi connectivity index (χ4v) is 2.31. The molecule has 4 nitrogen and oxygen atoms in total. The summed E-state index contributed by atoms with van der Waals surface area (Å²) in [5, 5.41) is 3.04. The van der Waals surface area contributed by atoms with E-state index < -0.39 is 6.04 Å². The Hall–Kier alpha value is -0.610. The van der Waals surface area contributed by atoms with E-state index in [4.69, 9.17) is 10.5 Å². The lowest BCUT2D eigenvalue weighted by atomic mass is 9.64. The van der Waals surface area contributed by atoms with Gasteiger partial charge in [0.1, 0.15) is 0 Å². The van der Waals surface area contributed by atoms with Crippen LogP contribution < -0.4 is 11.1 Å². The normalized spacial score (nSPS) is 30.2. The second-order valence-electron chi connectivity index (χ2n) is 5.75. The Morgan fingerprint density at radius 3 is 2.59 bits per heavy atom. The zero-order valence-corrected chi connectivity index (χ0v) is 11.6. The van der Waals surface area contributed by atoms with Crippen LogP contribution in [0.2, 0.25) is 0 Å². The molecule has 4 atom stereocenters. The molecule has 0 bridgehead atoms. The van der Waals surface area contributed by atoms with Crippen molar-refractivity contribution in [3.05, 3.63) is 0 Å². The maximum Gasteiger partial charge on any atom is 0.237 e. The molecule has 1 rings (SSSR count). The average molecular weight is 242 g/mol. The summed E-state index contributed by atoms with van der Waals surface area (Å²) < 4.78 is 5.36. The van der Waals surface area contributed by atoms with Crippen LogP contribution in [0.15, 0.2) is 0 Å². The molecule has 1 aliphatic rings. The van der Waals surface area contributed by atoms with Crippen LogP contribution >= 0.6 is 0 Å². The zero-order chi connectivity index (χ0) is 13.2. The molecule has 3 N–H and O–H groups in total. The van der Waals surface area contributed by atoms with Gasteiger partial charge in [-0.05, 0) is 12.3 Å². The summed E-state index contributed by atoms with van der Waals surface area (Å²) >= 11 is 0. The molecular formula is C13H26N2O2. The van der Waals surface area contributed by atoms with Gasteiger partial charge in [0.05, 0.1) is 12.1 Å². The Morgan fingerprint density at radius 2 is 2.18 bits per heavy atom. The van der Waals surface area contributed by atoms with Gasteiger partial charge < -0.3 is 15.8 Å². The molecular weight excluding hydrogens is 216 g/mol. The number of carbonyl (C=O) groups excluding carboxylic acids is 1. The van der Waals surface area contributed by atoms with Crippen LogP contribution in [-0.4, -0.2) is 31.2 Å². The van der Waals surface area contributed by atoms with Crippen LogP contribution in [0.1, 0.15) is 40.5 Å². The molecule has 0 aromatic heterocycles. The van der Waals surface area contributed by atoms with Crippen molar-refractivity contribution in [2.45, 2.75) is 58.7 Å². The quantitative estimate of drug-likeness (QED) is 0.763. The van der Waals surface area contributed by atoms with Crippen molar-refractivity contribution in [1.29, 1.82) is 0 Å². The van der Waals surface area contributed by atoms with Crippen LogP contribution in [0.3, 0.4) is 0 Å². The molecule has 1 amide bonds. The Labute approximate surface area is 104 Å². The number of methoxy groups -OCH3 is 1. The Balaban J connectivity index is 2.49. The minimum absolute atomic E-state index is 0.000414. The van der Waals surface area contributed by atoms with Gasteiger partial charge in [-0.1, -0.05) is 34.1 Å². The van der Waals surface area contributed by atoms with Crippen LogP contribution in [0.4, 0.5) is 0 Å². The molecule has 0 aromatic rings. The first-order valence-corrected chi connectivity index (χ1v) is 6.43. The number of carbonyl (C=O) groups is 1. The summed E-state index contributed by atoms with van der Waals surface area (Å²) in [6.07, 6.45) is 2.03. The minimum Gasteiger partial charge on any atom is -0.381 e. The second kappa shape index (κ2) is 5.36. The molecule has 4 heteroatoms. The lowest BCUT2D eigenvalue weighted by molar-refractivity contribution is -0.134. The first kappa shape index (κ1) is 14.5. The third kappa shape index (κ3) is 2.80. The van der Waals surface area contributed by atoms with E-state index >= 15 is 0 Å². The molecule has 1 aliphatic carbocycles. The first-order chi connectivity index (χ1) is 7.84. The SMILES string of the molecule is CC[C@H](C)[C@H](N)C(=O)NC1CC(OC)C1(C)C. The van der Waals surface area contributed by atoms with Gasteiger partial charge in [-0.15, -0.1) is 0 Å². The number of ether oxygens (including phenoxy) is 1. The van der Waals surface area contributed by atoms with E-state index in [-0.39, 0.29) is 29.4 Å². The molecule has 17 heavy (non-hydrogen) atoms. The summed E-state index contributed by atoms with van der Waals surface area (Å²) in [4.78, 5) is 12.0. The largest absolute Gasteiger partial charge is 0.381 e. The van der Waals surface area contributed by atoms with Crippen molar-refractivity contribution in [1.82, 2.24) is 5.32 Å². The molecule has 0 heterocycles. The van der Waals surface area contributed by atoms with Crippen molar-refractivity contribution < 1.29 is 9.53 Å². The molecule has 1 saturated carbocycles. The number of amides is 1. The van der Waals surface area contributed by atoms with E-state index in [1.54, 1.807) is 7.11 Å².